The molecule has 1 atom stereocenters. The van der Waals surface area contributed by atoms with E-state index in [2.05, 4.69) is 16.0 Å². The number of ether oxygens (including phenoxy) is 2. The Morgan fingerprint density at radius 2 is 2.00 bits per heavy atom. The van der Waals surface area contributed by atoms with Crippen LogP contribution in [0.1, 0.15) is 39.0 Å². The molecule has 3 heterocycles. The average Bonchev–Trinajstić information content (AvgIpc) is 2.96. The minimum Gasteiger partial charge on any atom is -0.465 e. The van der Waals surface area contributed by atoms with Gasteiger partial charge in [0.1, 0.15) is 0 Å². The summed E-state index contributed by atoms with van der Waals surface area (Å²) in [6.07, 6.45) is 8.27. The topological polar surface area (TPSA) is 24.9 Å². The summed E-state index contributed by atoms with van der Waals surface area (Å²) in [5, 5.41) is 0. The van der Waals surface area contributed by atoms with Crippen LogP contribution in [0.4, 0.5) is 0 Å². The fraction of sp³-hybridized carbons (Fsp3) is 0.846. The first-order chi connectivity index (χ1) is 8.35. The lowest BCUT2D eigenvalue weighted by molar-refractivity contribution is -0.217. The molecule has 4 heteroatoms. The van der Waals surface area contributed by atoms with Crippen LogP contribution in [-0.2, 0) is 9.47 Å². The van der Waals surface area contributed by atoms with Gasteiger partial charge in [-0.15, -0.1) is 0 Å². The van der Waals surface area contributed by atoms with Crippen molar-refractivity contribution in [2.75, 3.05) is 26.2 Å². The summed E-state index contributed by atoms with van der Waals surface area (Å²) in [4.78, 5) is 4.85. The van der Waals surface area contributed by atoms with Gasteiger partial charge in [-0.2, -0.15) is 0 Å². The molecule has 0 aliphatic carbocycles. The summed E-state index contributed by atoms with van der Waals surface area (Å²) in [6, 6.07) is 0. The van der Waals surface area contributed by atoms with Gasteiger partial charge in [0.2, 0.25) is 5.85 Å². The maximum absolute atomic E-state index is 6.17. The molecule has 4 nitrogen and oxygen atoms in total. The molecule has 0 bridgehead atoms. The van der Waals surface area contributed by atoms with Crippen molar-refractivity contribution in [3.8, 4) is 0 Å². The number of fused-ring (bicyclic) bond motifs is 1. The monoisotopic (exact) mass is 238 g/mol. The van der Waals surface area contributed by atoms with E-state index in [4.69, 9.17) is 9.47 Å². The highest BCUT2D eigenvalue weighted by atomic mass is 16.7. The van der Waals surface area contributed by atoms with Gasteiger partial charge in [-0.1, -0.05) is 0 Å². The highest BCUT2D eigenvalue weighted by Gasteiger charge is 2.50. The molecule has 0 saturated carbocycles. The molecule has 96 valence electrons. The van der Waals surface area contributed by atoms with Crippen molar-refractivity contribution in [3.63, 3.8) is 0 Å². The minimum atomic E-state index is -0.209. The van der Waals surface area contributed by atoms with Crippen LogP contribution >= 0.6 is 0 Å². The fourth-order valence-electron chi connectivity index (χ4n) is 3.23. The van der Waals surface area contributed by atoms with Crippen molar-refractivity contribution in [2.45, 2.75) is 44.9 Å². The second-order valence-electron chi connectivity index (χ2n) is 5.07. The van der Waals surface area contributed by atoms with E-state index in [1.165, 1.54) is 25.7 Å². The molecule has 3 aliphatic rings. The largest absolute Gasteiger partial charge is 0.465 e. The highest BCUT2D eigenvalue weighted by Crippen LogP contribution is 2.41. The van der Waals surface area contributed by atoms with Gasteiger partial charge in [-0.25, -0.2) is 4.90 Å². The quantitative estimate of drug-likeness (QED) is 0.751. The lowest BCUT2D eigenvalue weighted by Gasteiger charge is -2.46. The first-order valence-electron chi connectivity index (χ1n) is 6.90. The van der Waals surface area contributed by atoms with Crippen LogP contribution in [0, 0.1) is 0 Å². The Balaban J connectivity index is 1.80. The Bertz CT molecular complexity index is 313. The van der Waals surface area contributed by atoms with Gasteiger partial charge in [0.05, 0.1) is 12.8 Å². The lowest BCUT2D eigenvalue weighted by atomic mass is 10.0. The van der Waals surface area contributed by atoms with Crippen LogP contribution in [0.3, 0.4) is 0 Å². The smallest absolute Gasteiger partial charge is 0.299 e. The van der Waals surface area contributed by atoms with Crippen molar-refractivity contribution in [3.05, 3.63) is 12.1 Å². The maximum Gasteiger partial charge on any atom is 0.299 e. The highest BCUT2D eigenvalue weighted by molar-refractivity contribution is 5.04. The normalized spacial score (nSPS) is 33.2. The summed E-state index contributed by atoms with van der Waals surface area (Å²) in [5.74, 6) is 0.500. The summed E-state index contributed by atoms with van der Waals surface area (Å²) < 4.78 is 11.7. The number of hydrogen-bond acceptors (Lipinski definition) is 4. The molecule has 3 rings (SSSR count). The summed E-state index contributed by atoms with van der Waals surface area (Å²) in [6.45, 7) is 6.08. The zero-order valence-corrected chi connectivity index (χ0v) is 10.7. The van der Waals surface area contributed by atoms with Crippen molar-refractivity contribution < 1.29 is 9.47 Å². The Morgan fingerprint density at radius 1 is 1.24 bits per heavy atom. The molecule has 0 aromatic rings. The van der Waals surface area contributed by atoms with E-state index in [0.29, 0.717) is 12.6 Å². The van der Waals surface area contributed by atoms with Crippen LogP contribution in [0.15, 0.2) is 12.1 Å². The van der Waals surface area contributed by atoms with Gasteiger partial charge < -0.3 is 14.4 Å². The molecule has 0 amide bonds. The van der Waals surface area contributed by atoms with E-state index in [0.717, 1.165) is 26.1 Å². The average molecular weight is 238 g/mol. The summed E-state index contributed by atoms with van der Waals surface area (Å²) in [7, 11) is 0. The SMILES string of the molecule is CCOC1=CN2CCCCC2(N2CCCC2)O1. The zero-order valence-electron chi connectivity index (χ0n) is 10.7. The van der Waals surface area contributed by atoms with Crippen molar-refractivity contribution in [1.29, 1.82) is 0 Å². The number of likely N-dealkylation sites (tertiary alicyclic amines) is 1. The molecule has 3 aliphatic heterocycles. The predicted octanol–water partition coefficient (Wildman–Crippen LogP) is 2.09. The van der Waals surface area contributed by atoms with E-state index >= 15 is 0 Å². The molecular formula is C13H22N2O2. The first kappa shape index (κ1) is 11.2. The van der Waals surface area contributed by atoms with Crippen LogP contribution < -0.4 is 0 Å². The third-order valence-electron chi connectivity index (χ3n) is 4.01. The van der Waals surface area contributed by atoms with E-state index in [-0.39, 0.29) is 5.85 Å². The first-order valence-corrected chi connectivity index (χ1v) is 6.90. The second-order valence-corrected chi connectivity index (χ2v) is 5.07. The lowest BCUT2D eigenvalue weighted by Crippen LogP contribution is -2.59. The van der Waals surface area contributed by atoms with Crippen molar-refractivity contribution >= 4 is 0 Å². The molecule has 0 aromatic heterocycles. The number of rotatable bonds is 3. The second kappa shape index (κ2) is 4.41. The van der Waals surface area contributed by atoms with Gasteiger partial charge in [-0.3, -0.25) is 0 Å². The number of nitrogens with zero attached hydrogens (tertiary/aromatic N) is 2. The molecule has 0 radical (unpaired) electrons. The van der Waals surface area contributed by atoms with Crippen LogP contribution in [-0.4, -0.2) is 41.9 Å². The molecule has 0 spiro atoms. The van der Waals surface area contributed by atoms with E-state index in [1.807, 2.05) is 6.92 Å². The molecule has 17 heavy (non-hydrogen) atoms. The third kappa shape index (κ3) is 1.79. The van der Waals surface area contributed by atoms with Crippen LogP contribution in [0.2, 0.25) is 0 Å². The molecule has 2 fully saturated rings. The Morgan fingerprint density at radius 3 is 2.76 bits per heavy atom. The van der Waals surface area contributed by atoms with E-state index in [9.17, 15) is 0 Å². The Hall–Kier alpha value is -0.900. The van der Waals surface area contributed by atoms with Gasteiger partial charge in [0, 0.05) is 26.1 Å². The fourth-order valence-corrected chi connectivity index (χ4v) is 3.23. The van der Waals surface area contributed by atoms with Crippen molar-refractivity contribution in [2.24, 2.45) is 0 Å². The van der Waals surface area contributed by atoms with Gasteiger partial charge in [0.15, 0.2) is 0 Å². The Labute approximate surface area is 103 Å². The number of hydrogen-bond donors (Lipinski definition) is 0. The third-order valence-corrected chi connectivity index (χ3v) is 4.01. The molecule has 0 N–H and O–H groups in total. The van der Waals surface area contributed by atoms with Crippen LogP contribution in [0.5, 0.6) is 0 Å². The zero-order chi connectivity index (χ0) is 11.7. The van der Waals surface area contributed by atoms with Gasteiger partial charge >= 0.3 is 0 Å². The minimum absolute atomic E-state index is 0.209. The van der Waals surface area contributed by atoms with Crippen molar-refractivity contribution in [1.82, 2.24) is 9.80 Å². The standard InChI is InChI=1S/C13H22N2O2/c1-2-16-12-11-15-10-4-3-7-13(15,17-12)14-8-5-6-9-14/h11H,2-10H2,1H3. The summed E-state index contributed by atoms with van der Waals surface area (Å²) in [5.41, 5.74) is 0. The predicted molar refractivity (Wildman–Crippen MR) is 64.9 cm³/mol. The molecule has 0 aromatic carbocycles. The molecular weight excluding hydrogens is 216 g/mol. The molecule has 2 saturated heterocycles. The van der Waals surface area contributed by atoms with Gasteiger partial charge in [-0.05, 0) is 32.6 Å². The maximum atomic E-state index is 6.17. The number of piperidine rings is 1. The summed E-state index contributed by atoms with van der Waals surface area (Å²) >= 11 is 0. The van der Waals surface area contributed by atoms with Gasteiger partial charge in [0.25, 0.3) is 5.95 Å². The molecule has 1 unspecified atom stereocenters. The van der Waals surface area contributed by atoms with E-state index < -0.39 is 0 Å². The Kier molecular flexibility index (Phi) is 2.90. The van der Waals surface area contributed by atoms with E-state index in [1.54, 1.807) is 0 Å². The van der Waals surface area contributed by atoms with Crippen LogP contribution in [0.25, 0.3) is 0 Å².